The van der Waals surface area contributed by atoms with Gasteiger partial charge in [-0.25, -0.2) is 4.39 Å². The average molecular weight is 284 g/mol. The number of rotatable bonds is 3. The van der Waals surface area contributed by atoms with Crippen molar-refractivity contribution >= 4 is 17.3 Å². The van der Waals surface area contributed by atoms with Crippen molar-refractivity contribution in [3.8, 4) is 6.07 Å². The number of nitrogens with one attached hydrogen (secondary N) is 1. The summed E-state index contributed by atoms with van der Waals surface area (Å²) in [5.74, 6) is -0.875. The number of anilines is 2. The van der Waals surface area contributed by atoms with Crippen molar-refractivity contribution in [1.82, 2.24) is 4.98 Å². The van der Waals surface area contributed by atoms with Crippen LogP contribution < -0.4 is 11.1 Å². The summed E-state index contributed by atoms with van der Waals surface area (Å²) in [6, 6.07) is 7.71. The van der Waals surface area contributed by atoms with E-state index >= 15 is 0 Å². The van der Waals surface area contributed by atoms with Crippen LogP contribution in [0.5, 0.6) is 0 Å². The van der Waals surface area contributed by atoms with E-state index in [-0.39, 0.29) is 29.1 Å². The van der Waals surface area contributed by atoms with Crippen molar-refractivity contribution < 1.29 is 9.18 Å². The summed E-state index contributed by atoms with van der Waals surface area (Å²) in [5, 5.41) is 11.4. The highest BCUT2D eigenvalue weighted by atomic mass is 19.1. The van der Waals surface area contributed by atoms with Crippen LogP contribution >= 0.6 is 0 Å². The molecule has 106 valence electrons. The quantitative estimate of drug-likeness (QED) is 0.903. The zero-order valence-corrected chi connectivity index (χ0v) is 11.4. The van der Waals surface area contributed by atoms with Gasteiger partial charge >= 0.3 is 0 Å². The third kappa shape index (κ3) is 3.54. The predicted octanol–water partition coefficient (Wildman–Crippen LogP) is 2.16. The number of benzene rings is 1. The number of pyridine rings is 1. The van der Waals surface area contributed by atoms with Crippen LogP contribution in [0, 0.1) is 24.1 Å². The lowest BCUT2D eigenvalue weighted by Gasteiger charge is -2.09. The van der Waals surface area contributed by atoms with Crippen molar-refractivity contribution in [2.24, 2.45) is 0 Å². The molecule has 2 aromatic rings. The minimum absolute atomic E-state index is 0.0398. The zero-order valence-electron chi connectivity index (χ0n) is 11.4. The predicted molar refractivity (Wildman–Crippen MR) is 76.8 cm³/mol. The number of carbonyl (C=O) groups excluding carboxylic acids is 1. The van der Waals surface area contributed by atoms with Gasteiger partial charge in [-0.2, -0.15) is 5.26 Å². The van der Waals surface area contributed by atoms with Gasteiger partial charge in [0.2, 0.25) is 5.91 Å². The first-order chi connectivity index (χ1) is 9.99. The highest BCUT2D eigenvalue weighted by molar-refractivity contribution is 5.93. The second kappa shape index (κ2) is 6.01. The molecule has 1 aromatic carbocycles. The number of carbonyl (C=O) groups is 1. The number of hydrogen-bond acceptors (Lipinski definition) is 4. The number of hydrogen-bond donors (Lipinski definition) is 2. The number of nitrogens with zero attached hydrogens (tertiary/aromatic N) is 2. The first kappa shape index (κ1) is 14.5. The number of aromatic nitrogens is 1. The first-order valence-corrected chi connectivity index (χ1v) is 6.20. The van der Waals surface area contributed by atoms with Crippen LogP contribution in [-0.4, -0.2) is 10.9 Å². The highest BCUT2D eigenvalue weighted by Gasteiger charge is 2.11. The second-order valence-corrected chi connectivity index (χ2v) is 4.55. The molecule has 1 aromatic heterocycles. The van der Waals surface area contributed by atoms with Crippen LogP contribution in [0.4, 0.5) is 15.8 Å². The summed E-state index contributed by atoms with van der Waals surface area (Å²) >= 11 is 0. The summed E-state index contributed by atoms with van der Waals surface area (Å²) in [6.45, 7) is 1.54. The molecule has 3 N–H and O–H groups in total. The average Bonchev–Trinajstić information content (AvgIpc) is 2.46. The maximum absolute atomic E-state index is 13.6. The van der Waals surface area contributed by atoms with E-state index in [4.69, 9.17) is 11.0 Å². The van der Waals surface area contributed by atoms with Crippen LogP contribution in [0.2, 0.25) is 0 Å². The van der Waals surface area contributed by atoms with E-state index in [1.165, 1.54) is 19.2 Å². The van der Waals surface area contributed by atoms with E-state index < -0.39 is 5.82 Å². The molecular formula is C15H13FN4O. The molecule has 1 heterocycles. The molecule has 2 rings (SSSR count). The van der Waals surface area contributed by atoms with Gasteiger partial charge in [-0.1, -0.05) is 0 Å². The number of halogens is 1. The Kier molecular flexibility index (Phi) is 4.14. The molecule has 0 unspecified atom stereocenters. The largest absolute Gasteiger partial charge is 0.397 e. The number of amides is 1. The van der Waals surface area contributed by atoms with E-state index in [0.29, 0.717) is 11.4 Å². The Hall–Kier alpha value is -2.94. The molecule has 5 nitrogen and oxygen atoms in total. The molecule has 0 radical (unpaired) electrons. The molecule has 0 aliphatic heterocycles. The highest BCUT2D eigenvalue weighted by Crippen LogP contribution is 2.20. The van der Waals surface area contributed by atoms with Crippen molar-refractivity contribution in [1.29, 1.82) is 5.26 Å². The van der Waals surface area contributed by atoms with Crippen LogP contribution in [0.1, 0.15) is 16.8 Å². The zero-order chi connectivity index (χ0) is 15.4. The Morgan fingerprint density at radius 3 is 2.86 bits per heavy atom. The van der Waals surface area contributed by atoms with Gasteiger partial charge in [0.1, 0.15) is 5.82 Å². The summed E-state index contributed by atoms with van der Waals surface area (Å²) in [5.41, 5.74) is 7.30. The Morgan fingerprint density at radius 2 is 2.24 bits per heavy atom. The molecule has 21 heavy (non-hydrogen) atoms. The molecule has 0 fully saturated rings. The lowest BCUT2D eigenvalue weighted by molar-refractivity contribution is -0.115. The standard InChI is InChI=1S/C15H13FN4O/c1-9-13(16)4-10(7-17)5-14(9)20-15(21)6-12-3-2-11(18)8-19-12/h2-5,8H,6,18H2,1H3,(H,20,21). The Bertz CT molecular complexity index is 720. The minimum atomic E-state index is -0.532. The first-order valence-electron chi connectivity index (χ1n) is 6.20. The topological polar surface area (TPSA) is 91.8 Å². The van der Waals surface area contributed by atoms with Gasteiger partial charge in [0.15, 0.2) is 0 Å². The van der Waals surface area contributed by atoms with E-state index in [1.807, 2.05) is 6.07 Å². The third-order valence-electron chi connectivity index (χ3n) is 2.94. The van der Waals surface area contributed by atoms with Crippen molar-refractivity contribution in [2.75, 3.05) is 11.1 Å². The summed E-state index contributed by atoms with van der Waals surface area (Å²) < 4.78 is 13.6. The molecule has 1 amide bonds. The van der Waals surface area contributed by atoms with Gasteiger partial charge in [-0.3, -0.25) is 9.78 Å². The van der Waals surface area contributed by atoms with E-state index in [2.05, 4.69) is 10.3 Å². The van der Waals surface area contributed by atoms with Crippen molar-refractivity contribution in [3.63, 3.8) is 0 Å². The number of nitrogen functional groups attached to an aromatic ring is 1. The van der Waals surface area contributed by atoms with E-state index in [9.17, 15) is 9.18 Å². The number of nitriles is 1. The molecule has 0 spiro atoms. The molecule has 6 heteroatoms. The molecule has 0 bridgehead atoms. The molecule has 0 aliphatic rings. The summed E-state index contributed by atoms with van der Waals surface area (Å²) in [6.07, 6.45) is 1.50. The molecular weight excluding hydrogens is 271 g/mol. The Labute approximate surface area is 121 Å². The maximum Gasteiger partial charge on any atom is 0.230 e. The molecule has 0 atom stereocenters. The van der Waals surface area contributed by atoms with Crippen LogP contribution in [0.25, 0.3) is 0 Å². The Morgan fingerprint density at radius 1 is 1.48 bits per heavy atom. The van der Waals surface area contributed by atoms with Gasteiger partial charge in [-0.05, 0) is 31.2 Å². The monoisotopic (exact) mass is 284 g/mol. The van der Waals surface area contributed by atoms with Crippen LogP contribution in [-0.2, 0) is 11.2 Å². The minimum Gasteiger partial charge on any atom is -0.397 e. The van der Waals surface area contributed by atoms with E-state index in [0.717, 1.165) is 6.07 Å². The lowest BCUT2D eigenvalue weighted by Crippen LogP contribution is -2.16. The van der Waals surface area contributed by atoms with Crippen molar-refractivity contribution in [2.45, 2.75) is 13.3 Å². The van der Waals surface area contributed by atoms with Crippen LogP contribution in [0.3, 0.4) is 0 Å². The Balaban J connectivity index is 2.14. The van der Waals surface area contributed by atoms with Crippen LogP contribution in [0.15, 0.2) is 30.5 Å². The molecule has 0 aliphatic carbocycles. The second-order valence-electron chi connectivity index (χ2n) is 4.55. The van der Waals surface area contributed by atoms with Crippen molar-refractivity contribution in [3.05, 3.63) is 53.1 Å². The summed E-state index contributed by atoms with van der Waals surface area (Å²) in [4.78, 5) is 16.0. The van der Waals surface area contributed by atoms with Gasteiger partial charge in [0.05, 0.1) is 29.9 Å². The van der Waals surface area contributed by atoms with Gasteiger partial charge in [-0.15, -0.1) is 0 Å². The lowest BCUT2D eigenvalue weighted by atomic mass is 10.1. The maximum atomic E-state index is 13.6. The smallest absolute Gasteiger partial charge is 0.230 e. The third-order valence-corrected chi connectivity index (χ3v) is 2.94. The van der Waals surface area contributed by atoms with Gasteiger partial charge < -0.3 is 11.1 Å². The fourth-order valence-corrected chi connectivity index (χ4v) is 1.77. The molecule has 0 saturated heterocycles. The van der Waals surface area contributed by atoms with E-state index in [1.54, 1.807) is 12.1 Å². The SMILES string of the molecule is Cc1c(F)cc(C#N)cc1NC(=O)Cc1ccc(N)cn1. The fraction of sp³-hybridized carbons (Fsp3) is 0.133. The van der Waals surface area contributed by atoms with Gasteiger partial charge in [0, 0.05) is 16.9 Å². The molecule has 0 saturated carbocycles. The number of nitrogens with two attached hydrogens (primary N) is 1. The summed E-state index contributed by atoms with van der Waals surface area (Å²) in [7, 11) is 0. The normalized spacial score (nSPS) is 9.95. The fourth-order valence-electron chi connectivity index (χ4n) is 1.77. The van der Waals surface area contributed by atoms with Gasteiger partial charge in [0.25, 0.3) is 0 Å².